The number of benzene rings is 1. The number of hydrogen-bond donors (Lipinski definition) is 0. The molecule has 0 amide bonds. The molecular weight excluding hydrogens is 212 g/mol. The van der Waals surface area contributed by atoms with Gasteiger partial charge in [-0.25, -0.2) is 4.39 Å². The SMILES string of the molecule is Fc1ccc2ncc(Cl)c(Cl)c2c1. The average molecular weight is 216 g/mol. The lowest BCUT2D eigenvalue weighted by Gasteiger charge is -2.00. The Labute approximate surface area is 84.1 Å². The summed E-state index contributed by atoms with van der Waals surface area (Å²) in [4.78, 5) is 4.00. The van der Waals surface area contributed by atoms with E-state index in [1.807, 2.05) is 0 Å². The zero-order valence-electron chi connectivity index (χ0n) is 6.39. The second kappa shape index (κ2) is 3.13. The number of aromatic nitrogens is 1. The molecule has 2 aromatic rings. The van der Waals surface area contributed by atoms with Crippen molar-refractivity contribution < 1.29 is 4.39 Å². The van der Waals surface area contributed by atoms with Crippen molar-refractivity contribution in [2.45, 2.75) is 0 Å². The highest BCUT2D eigenvalue weighted by atomic mass is 35.5. The van der Waals surface area contributed by atoms with E-state index in [-0.39, 0.29) is 5.82 Å². The summed E-state index contributed by atoms with van der Waals surface area (Å²) in [7, 11) is 0. The van der Waals surface area contributed by atoms with E-state index in [2.05, 4.69) is 4.98 Å². The van der Waals surface area contributed by atoms with Crippen LogP contribution in [0.2, 0.25) is 10.0 Å². The highest BCUT2D eigenvalue weighted by Crippen LogP contribution is 2.29. The quantitative estimate of drug-likeness (QED) is 0.654. The molecular formula is C9H4Cl2FN. The Morgan fingerprint density at radius 1 is 1.23 bits per heavy atom. The Kier molecular flexibility index (Phi) is 2.10. The lowest BCUT2D eigenvalue weighted by Crippen LogP contribution is -1.82. The van der Waals surface area contributed by atoms with Gasteiger partial charge in [-0.15, -0.1) is 0 Å². The molecule has 4 heteroatoms. The summed E-state index contributed by atoms with van der Waals surface area (Å²) in [5.41, 5.74) is 0.635. The Morgan fingerprint density at radius 3 is 2.77 bits per heavy atom. The molecule has 0 aliphatic rings. The van der Waals surface area contributed by atoms with Gasteiger partial charge in [0.25, 0.3) is 0 Å². The first kappa shape index (κ1) is 8.73. The van der Waals surface area contributed by atoms with Crippen LogP contribution >= 0.6 is 23.2 Å². The number of nitrogens with zero attached hydrogens (tertiary/aromatic N) is 1. The van der Waals surface area contributed by atoms with Crippen molar-refractivity contribution in [2.24, 2.45) is 0 Å². The van der Waals surface area contributed by atoms with Gasteiger partial charge in [-0.1, -0.05) is 23.2 Å². The molecule has 0 aliphatic heterocycles. The first-order valence-electron chi connectivity index (χ1n) is 3.58. The minimum atomic E-state index is -0.349. The minimum absolute atomic E-state index is 0.333. The fraction of sp³-hybridized carbons (Fsp3) is 0. The van der Waals surface area contributed by atoms with Crippen molar-refractivity contribution in [3.8, 4) is 0 Å². The van der Waals surface area contributed by atoms with Crippen LogP contribution in [-0.2, 0) is 0 Å². The van der Waals surface area contributed by atoms with Crippen LogP contribution in [0.5, 0.6) is 0 Å². The second-order valence-corrected chi connectivity index (χ2v) is 3.37. The average Bonchev–Trinajstić information content (AvgIpc) is 2.12. The van der Waals surface area contributed by atoms with Gasteiger partial charge in [-0.05, 0) is 18.2 Å². The molecule has 0 radical (unpaired) electrons. The van der Waals surface area contributed by atoms with Gasteiger partial charge in [-0.2, -0.15) is 0 Å². The monoisotopic (exact) mass is 215 g/mol. The zero-order chi connectivity index (χ0) is 9.42. The second-order valence-electron chi connectivity index (χ2n) is 2.58. The fourth-order valence-corrected chi connectivity index (χ4v) is 1.46. The van der Waals surface area contributed by atoms with Crippen molar-refractivity contribution in [3.63, 3.8) is 0 Å². The molecule has 1 heterocycles. The third-order valence-corrected chi connectivity index (χ3v) is 2.51. The van der Waals surface area contributed by atoms with E-state index in [9.17, 15) is 4.39 Å². The minimum Gasteiger partial charge on any atom is -0.255 e. The standard InChI is InChI=1S/C9H4Cl2FN/c10-7-4-13-8-2-1-5(12)3-6(8)9(7)11/h1-4H. The highest BCUT2D eigenvalue weighted by Gasteiger charge is 2.05. The van der Waals surface area contributed by atoms with Crippen molar-refractivity contribution >= 4 is 34.1 Å². The zero-order valence-corrected chi connectivity index (χ0v) is 7.90. The van der Waals surface area contributed by atoms with E-state index < -0.39 is 0 Å². The lowest BCUT2D eigenvalue weighted by molar-refractivity contribution is 0.629. The lowest BCUT2D eigenvalue weighted by atomic mass is 10.2. The summed E-state index contributed by atoms with van der Waals surface area (Å²) in [6.07, 6.45) is 1.45. The number of hydrogen-bond acceptors (Lipinski definition) is 1. The van der Waals surface area contributed by atoms with E-state index in [0.29, 0.717) is 20.9 Å². The Morgan fingerprint density at radius 2 is 2.00 bits per heavy atom. The molecule has 0 atom stereocenters. The predicted molar refractivity (Wildman–Crippen MR) is 51.7 cm³/mol. The first-order chi connectivity index (χ1) is 6.18. The molecule has 0 unspecified atom stereocenters. The topological polar surface area (TPSA) is 12.9 Å². The third kappa shape index (κ3) is 1.47. The van der Waals surface area contributed by atoms with E-state index in [4.69, 9.17) is 23.2 Å². The molecule has 1 aromatic carbocycles. The molecule has 66 valence electrons. The Balaban J connectivity index is 2.89. The van der Waals surface area contributed by atoms with Crippen molar-refractivity contribution in [3.05, 3.63) is 40.3 Å². The third-order valence-electron chi connectivity index (χ3n) is 1.72. The molecule has 0 spiro atoms. The molecule has 0 saturated heterocycles. The maximum Gasteiger partial charge on any atom is 0.124 e. The fourth-order valence-electron chi connectivity index (χ4n) is 1.11. The molecule has 1 aromatic heterocycles. The van der Waals surface area contributed by atoms with Crippen LogP contribution in [0.25, 0.3) is 10.9 Å². The highest BCUT2D eigenvalue weighted by molar-refractivity contribution is 6.45. The summed E-state index contributed by atoms with van der Waals surface area (Å²) in [5, 5.41) is 1.21. The van der Waals surface area contributed by atoms with Gasteiger partial charge in [0.1, 0.15) is 5.82 Å². The summed E-state index contributed by atoms with van der Waals surface area (Å²) in [6.45, 7) is 0. The number of halogens is 3. The number of fused-ring (bicyclic) bond motifs is 1. The van der Waals surface area contributed by atoms with Crippen LogP contribution < -0.4 is 0 Å². The van der Waals surface area contributed by atoms with Crippen molar-refractivity contribution in [1.29, 1.82) is 0 Å². The molecule has 13 heavy (non-hydrogen) atoms. The normalized spacial score (nSPS) is 10.7. The number of pyridine rings is 1. The van der Waals surface area contributed by atoms with Crippen LogP contribution in [0.3, 0.4) is 0 Å². The van der Waals surface area contributed by atoms with Gasteiger partial charge in [0.2, 0.25) is 0 Å². The van der Waals surface area contributed by atoms with Crippen LogP contribution in [0.15, 0.2) is 24.4 Å². The molecule has 0 bridgehead atoms. The largest absolute Gasteiger partial charge is 0.255 e. The molecule has 0 saturated carbocycles. The van der Waals surface area contributed by atoms with Gasteiger partial charge < -0.3 is 0 Å². The van der Waals surface area contributed by atoms with Gasteiger partial charge in [0.05, 0.1) is 15.6 Å². The van der Waals surface area contributed by atoms with Crippen LogP contribution in [0, 0.1) is 5.82 Å². The van der Waals surface area contributed by atoms with Gasteiger partial charge in [0, 0.05) is 11.6 Å². The van der Waals surface area contributed by atoms with E-state index in [1.54, 1.807) is 6.07 Å². The van der Waals surface area contributed by atoms with Crippen molar-refractivity contribution in [1.82, 2.24) is 4.98 Å². The molecule has 0 fully saturated rings. The maximum atomic E-state index is 12.8. The predicted octanol–water partition coefficient (Wildman–Crippen LogP) is 3.68. The summed E-state index contributed by atoms with van der Waals surface area (Å²) in [5.74, 6) is -0.349. The van der Waals surface area contributed by atoms with Gasteiger partial charge in [-0.3, -0.25) is 4.98 Å². The van der Waals surface area contributed by atoms with E-state index in [1.165, 1.54) is 18.3 Å². The molecule has 0 N–H and O–H groups in total. The summed E-state index contributed by atoms with van der Waals surface area (Å²) >= 11 is 11.6. The summed E-state index contributed by atoms with van der Waals surface area (Å²) in [6, 6.07) is 4.21. The Bertz CT molecular complexity index is 465. The van der Waals surface area contributed by atoms with Crippen LogP contribution in [0.1, 0.15) is 0 Å². The van der Waals surface area contributed by atoms with Crippen LogP contribution in [-0.4, -0.2) is 4.98 Å². The van der Waals surface area contributed by atoms with Crippen molar-refractivity contribution in [2.75, 3.05) is 0 Å². The van der Waals surface area contributed by atoms with Gasteiger partial charge >= 0.3 is 0 Å². The first-order valence-corrected chi connectivity index (χ1v) is 4.33. The molecule has 0 aliphatic carbocycles. The Hall–Kier alpha value is -0.860. The van der Waals surface area contributed by atoms with Gasteiger partial charge in [0.15, 0.2) is 0 Å². The van der Waals surface area contributed by atoms with E-state index in [0.717, 1.165) is 0 Å². The number of rotatable bonds is 0. The summed E-state index contributed by atoms with van der Waals surface area (Å²) < 4.78 is 12.8. The molecule has 2 rings (SSSR count). The molecule has 1 nitrogen and oxygen atoms in total. The van der Waals surface area contributed by atoms with E-state index >= 15 is 0 Å². The smallest absolute Gasteiger partial charge is 0.124 e. The maximum absolute atomic E-state index is 12.8. The van der Waals surface area contributed by atoms with Crippen LogP contribution in [0.4, 0.5) is 4.39 Å².